The molecule has 2 heterocycles. The number of para-hydroxylation sites is 2. The van der Waals surface area contributed by atoms with Crippen LogP contribution in [0.3, 0.4) is 0 Å². The van der Waals surface area contributed by atoms with Gasteiger partial charge in [0.25, 0.3) is 5.91 Å². The summed E-state index contributed by atoms with van der Waals surface area (Å²) in [6, 6.07) is 16.5. The first kappa shape index (κ1) is 23.3. The van der Waals surface area contributed by atoms with Gasteiger partial charge in [-0.25, -0.2) is 0 Å². The molecule has 4 rings (SSSR count). The number of hydrogen-bond acceptors (Lipinski definition) is 4. The van der Waals surface area contributed by atoms with Crippen molar-refractivity contribution in [1.82, 2.24) is 9.47 Å². The smallest absolute Gasteiger partial charge is 0.266 e. The minimum absolute atomic E-state index is 0.0632. The number of benzene rings is 2. The van der Waals surface area contributed by atoms with Gasteiger partial charge in [-0.3, -0.25) is 9.69 Å². The normalized spacial score (nSPS) is 16.1. The van der Waals surface area contributed by atoms with E-state index in [1.54, 1.807) is 11.0 Å². The molecule has 33 heavy (non-hydrogen) atoms. The standard InChI is InChI=1S/C27H28N2O2S2/c1-4-14-29-26(30)25(33-27(29)32)17-20-18-28(23-12-8-6-11-22(20)23)15-16-31-24-13-9-7-10-21(24)19(3)5-2/h4,6-13,17-19H,1,5,14-16H2,2-3H3/b25-17-/t19-/m0/s1. The summed E-state index contributed by atoms with van der Waals surface area (Å²) in [7, 11) is 0. The van der Waals surface area contributed by atoms with Gasteiger partial charge in [0.15, 0.2) is 0 Å². The van der Waals surface area contributed by atoms with Crippen LogP contribution in [0.4, 0.5) is 0 Å². The van der Waals surface area contributed by atoms with Crippen molar-refractivity contribution in [1.29, 1.82) is 0 Å². The van der Waals surface area contributed by atoms with E-state index in [2.05, 4.69) is 55.5 Å². The maximum Gasteiger partial charge on any atom is 0.266 e. The van der Waals surface area contributed by atoms with Gasteiger partial charge in [0.05, 0.1) is 11.4 Å². The van der Waals surface area contributed by atoms with Crippen molar-refractivity contribution in [2.45, 2.75) is 32.7 Å². The number of nitrogens with zero attached hydrogens (tertiary/aromatic N) is 2. The summed E-state index contributed by atoms with van der Waals surface area (Å²) >= 11 is 6.72. The average Bonchev–Trinajstić information content (AvgIpc) is 3.31. The van der Waals surface area contributed by atoms with Gasteiger partial charge in [0, 0.05) is 29.2 Å². The summed E-state index contributed by atoms with van der Waals surface area (Å²) in [6.07, 6.45) is 6.80. The van der Waals surface area contributed by atoms with Gasteiger partial charge < -0.3 is 9.30 Å². The van der Waals surface area contributed by atoms with Gasteiger partial charge in [-0.1, -0.05) is 80.3 Å². The van der Waals surface area contributed by atoms with E-state index in [4.69, 9.17) is 17.0 Å². The van der Waals surface area contributed by atoms with Crippen LogP contribution in [0.1, 0.15) is 37.3 Å². The Bertz CT molecular complexity index is 1230. The second-order valence-electron chi connectivity index (χ2n) is 8.07. The molecule has 0 N–H and O–H groups in total. The number of fused-ring (bicyclic) bond motifs is 1. The van der Waals surface area contributed by atoms with Crippen molar-refractivity contribution in [2.75, 3.05) is 13.2 Å². The molecule has 170 valence electrons. The molecule has 0 radical (unpaired) electrons. The summed E-state index contributed by atoms with van der Waals surface area (Å²) in [4.78, 5) is 15.0. The van der Waals surface area contributed by atoms with Gasteiger partial charge in [-0.05, 0) is 36.1 Å². The summed E-state index contributed by atoms with van der Waals surface area (Å²) in [5.41, 5.74) is 3.37. The number of amides is 1. The third-order valence-electron chi connectivity index (χ3n) is 5.94. The minimum atomic E-state index is -0.0632. The zero-order valence-electron chi connectivity index (χ0n) is 19.0. The van der Waals surface area contributed by atoms with Crippen molar-refractivity contribution in [3.63, 3.8) is 0 Å². The van der Waals surface area contributed by atoms with Crippen LogP contribution < -0.4 is 4.74 Å². The van der Waals surface area contributed by atoms with Crippen LogP contribution >= 0.6 is 24.0 Å². The number of aromatic nitrogens is 1. The monoisotopic (exact) mass is 476 g/mol. The van der Waals surface area contributed by atoms with Crippen molar-refractivity contribution in [2.24, 2.45) is 0 Å². The van der Waals surface area contributed by atoms with Crippen LogP contribution in [-0.4, -0.2) is 32.8 Å². The van der Waals surface area contributed by atoms with E-state index in [-0.39, 0.29) is 5.91 Å². The quantitative estimate of drug-likeness (QED) is 0.197. The number of hydrogen-bond donors (Lipinski definition) is 0. The highest BCUT2D eigenvalue weighted by molar-refractivity contribution is 8.26. The molecular weight excluding hydrogens is 448 g/mol. The highest BCUT2D eigenvalue weighted by atomic mass is 32.2. The SMILES string of the molecule is C=CCN1C(=O)/C(=C/c2cn(CCOc3ccccc3[C@@H](C)CC)c3ccccc23)SC1=S. The van der Waals surface area contributed by atoms with Crippen LogP contribution in [0, 0.1) is 0 Å². The summed E-state index contributed by atoms with van der Waals surface area (Å²) in [5, 5.41) is 1.10. The summed E-state index contributed by atoms with van der Waals surface area (Å²) < 4.78 is 8.96. The Morgan fingerprint density at radius 2 is 1.94 bits per heavy atom. The fraction of sp³-hybridized carbons (Fsp3) is 0.259. The molecule has 0 unspecified atom stereocenters. The highest BCUT2D eigenvalue weighted by Gasteiger charge is 2.31. The topological polar surface area (TPSA) is 34.5 Å². The van der Waals surface area contributed by atoms with Gasteiger partial charge in [-0.15, -0.1) is 6.58 Å². The largest absolute Gasteiger partial charge is 0.491 e. The molecule has 1 aliphatic heterocycles. The van der Waals surface area contributed by atoms with E-state index >= 15 is 0 Å². The number of carbonyl (C=O) groups is 1. The lowest BCUT2D eigenvalue weighted by Crippen LogP contribution is -2.27. The van der Waals surface area contributed by atoms with Crippen LogP contribution in [0.5, 0.6) is 5.75 Å². The first-order valence-electron chi connectivity index (χ1n) is 11.2. The van der Waals surface area contributed by atoms with Crippen LogP contribution in [0.15, 0.2) is 72.3 Å². The molecule has 1 aliphatic rings. The first-order chi connectivity index (χ1) is 16.0. The highest BCUT2D eigenvalue weighted by Crippen LogP contribution is 2.34. The number of thiocarbonyl (C=S) groups is 1. The van der Waals surface area contributed by atoms with Crippen molar-refractivity contribution >= 4 is 51.2 Å². The molecule has 2 aromatic carbocycles. The maximum atomic E-state index is 12.8. The lowest BCUT2D eigenvalue weighted by atomic mass is 9.98. The first-order valence-corrected chi connectivity index (χ1v) is 12.4. The van der Waals surface area contributed by atoms with Crippen LogP contribution in [0.2, 0.25) is 0 Å². The lowest BCUT2D eigenvalue weighted by Gasteiger charge is -2.16. The lowest BCUT2D eigenvalue weighted by molar-refractivity contribution is -0.121. The Balaban J connectivity index is 1.56. The molecule has 1 amide bonds. The second-order valence-corrected chi connectivity index (χ2v) is 9.75. The molecule has 1 atom stereocenters. The van der Waals surface area contributed by atoms with Crippen LogP contribution in [0.25, 0.3) is 17.0 Å². The number of thioether (sulfide) groups is 1. The third kappa shape index (κ3) is 4.92. The molecule has 0 spiro atoms. The summed E-state index contributed by atoms with van der Waals surface area (Å²) in [6.45, 7) is 9.84. The van der Waals surface area contributed by atoms with Gasteiger partial charge in [-0.2, -0.15) is 0 Å². The molecule has 1 fully saturated rings. The van der Waals surface area contributed by atoms with Gasteiger partial charge in [0.2, 0.25) is 0 Å². The molecule has 1 saturated heterocycles. The van der Waals surface area contributed by atoms with E-state index in [1.807, 2.05) is 30.3 Å². The van der Waals surface area contributed by atoms with Gasteiger partial charge >= 0.3 is 0 Å². The predicted molar refractivity (Wildman–Crippen MR) is 143 cm³/mol. The molecule has 3 aromatic rings. The number of carbonyl (C=O) groups excluding carboxylic acids is 1. The van der Waals surface area contributed by atoms with Crippen molar-refractivity contribution < 1.29 is 9.53 Å². The van der Waals surface area contributed by atoms with Crippen LogP contribution in [-0.2, 0) is 11.3 Å². The Kier molecular flexibility index (Phi) is 7.36. The number of rotatable bonds is 9. The molecule has 0 aliphatic carbocycles. The summed E-state index contributed by atoms with van der Waals surface area (Å²) in [5.74, 6) is 1.35. The Morgan fingerprint density at radius 3 is 2.73 bits per heavy atom. The predicted octanol–water partition coefficient (Wildman–Crippen LogP) is 6.62. The van der Waals surface area contributed by atoms with Gasteiger partial charge in [0.1, 0.15) is 16.7 Å². The molecule has 1 aromatic heterocycles. The fourth-order valence-electron chi connectivity index (χ4n) is 4.00. The number of ether oxygens (including phenoxy) is 1. The Hall–Kier alpha value is -2.83. The molecule has 0 saturated carbocycles. The molecule has 4 nitrogen and oxygen atoms in total. The Morgan fingerprint density at radius 1 is 1.18 bits per heavy atom. The van der Waals surface area contributed by atoms with Crippen molar-refractivity contribution in [3.05, 3.63) is 83.4 Å². The molecule has 0 bridgehead atoms. The average molecular weight is 477 g/mol. The zero-order valence-corrected chi connectivity index (χ0v) is 20.6. The zero-order chi connectivity index (χ0) is 23.4. The fourth-order valence-corrected chi connectivity index (χ4v) is 5.26. The minimum Gasteiger partial charge on any atom is -0.491 e. The van der Waals surface area contributed by atoms with E-state index in [0.29, 0.717) is 34.8 Å². The maximum absolute atomic E-state index is 12.8. The Labute approximate surface area is 204 Å². The third-order valence-corrected chi connectivity index (χ3v) is 7.32. The molecule has 6 heteroatoms. The van der Waals surface area contributed by atoms with Crippen molar-refractivity contribution in [3.8, 4) is 5.75 Å². The van der Waals surface area contributed by atoms with E-state index in [1.165, 1.54) is 17.3 Å². The molecular formula is C27H28N2O2S2. The van der Waals surface area contributed by atoms with E-state index in [9.17, 15) is 4.79 Å². The van der Waals surface area contributed by atoms with E-state index < -0.39 is 0 Å². The second kappa shape index (κ2) is 10.4. The van der Waals surface area contributed by atoms with E-state index in [0.717, 1.165) is 28.6 Å².